The van der Waals surface area contributed by atoms with Gasteiger partial charge in [-0.2, -0.15) is 0 Å². The van der Waals surface area contributed by atoms with Crippen LogP contribution in [0.25, 0.3) is 0 Å². The van der Waals surface area contributed by atoms with Crippen LogP contribution in [0.1, 0.15) is 26.3 Å². The van der Waals surface area contributed by atoms with Crippen molar-refractivity contribution < 1.29 is 19.8 Å². The minimum atomic E-state index is -1.11. The Morgan fingerprint density at radius 1 is 1.20 bits per heavy atom. The number of nitrogens with one attached hydrogen (secondary N) is 2. The molecule has 0 aliphatic carbocycles. The highest BCUT2D eigenvalue weighted by Gasteiger charge is 2.22. The van der Waals surface area contributed by atoms with Gasteiger partial charge in [-0.05, 0) is 38.5 Å². The first-order chi connectivity index (χ1) is 9.17. The highest BCUT2D eigenvalue weighted by atomic mass is 16.4. The maximum absolute atomic E-state index is 11.7. The van der Waals surface area contributed by atoms with Gasteiger partial charge in [-0.25, -0.2) is 9.59 Å². The lowest BCUT2D eigenvalue weighted by Gasteiger charge is -2.23. The van der Waals surface area contributed by atoms with Crippen LogP contribution in [0.2, 0.25) is 0 Å². The lowest BCUT2D eigenvalue weighted by Crippen LogP contribution is -2.52. The first-order valence-corrected chi connectivity index (χ1v) is 6.27. The lowest BCUT2D eigenvalue weighted by atomic mass is 10.1. The number of carbonyl (C=O) groups excluding carboxylic acids is 1. The number of aromatic hydroxyl groups is 1. The largest absolute Gasteiger partial charge is 0.508 e. The van der Waals surface area contributed by atoms with Gasteiger partial charge in [0.2, 0.25) is 0 Å². The first kappa shape index (κ1) is 15.8. The topological polar surface area (TPSA) is 98.7 Å². The zero-order chi connectivity index (χ0) is 15.3. The Morgan fingerprint density at radius 2 is 1.75 bits per heavy atom. The maximum atomic E-state index is 11.7. The van der Waals surface area contributed by atoms with Crippen molar-refractivity contribution in [2.45, 2.75) is 38.8 Å². The third-order valence-corrected chi connectivity index (χ3v) is 2.47. The third-order valence-electron chi connectivity index (χ3n) is 2.47. The number of urea groups is 1. The summed E-state index contributed by atoms with van der Waals surface area (Å²) < 4.78 is 0. The van der Waals surface area contributed by atoms with Crippen molar-refractivity contribution in [1.29, 1.82) is 0 Å². The van der Waals surface area contributed by atoms with Gasteiger partial charge >= 0.3 is 12.0 Å². The molecule has 110 valence electrons. The second-order valence-corrected chi connectivity index (χ2v) is 5.61. The number of carboxylic acids is 1. The Balaban J connectivity index is 2.68. The highest BCUT2D eigenvalue weighted by molar-refractivity contribution is 5.83. The SMILES string of the molecule is CC(C)(C)NC(=O)N[C@H](Cc1ccc(O)cc1)C(=O)O. The second kappa shape index (κ2) is 6.27. The summed E-state index contributed by atoms with van der Waals surface area (Å²) in [6, 6.07) is 4.64. The molecule has 0 fully saturated rings. The van der Waals surface area contributed by atoms with Crippen LogP contribution in [0.15, 0.2) is 24.3 Å². The molecule has 0 aliphatic rings. The molecule has 1 aromatic rings. The first-order valence-electron chi connectivity index (χ1n) is 6.27. The van der Waals surface area contributed by atoms with E-state index in [9.17, 15) is 14.7 Å². The van der Waals surface area contributed by atoms with Crippen LogP contribution in [-0.2, 0) is 11.2 Å². The van der Waals surface area contributed by atoms with E-state index >= 15 is 0 Å². The van der Waals surface area contributed by atoms with E-state index in [4.69, 9.17) is 5.11 Å². The molecule has 6 heteroatoms. The number of aliphatic carboxylic acids is 1. The summed E-state index contributed by atoms with van der Waals surface area (Å²) in [5, 5.41) is 23.4. The number of rotatable bonds is 4. The number of hydrogen-bond acceptors (Lipinski definition) is 3. The Bertz CT molecular complexity index is 477. The van der Waals surface area contributed by atoms with Gasteiger partial charge in [0.25, 0.3) is 0 Å². The van der Waals surface area contributed by atoms with Crippen LogP contribution in [0.5, 0.6) is 5.75 Å². The smallest absolute Gasteiger partial charge is 0.326 e. The fraction of sp³-hybridized carbons (Fsp3) is 0.429. The molecular weight excluding hydrogens is 260 g/mol. The van der Waals surface area contributed by atoms with E-state index in [2.05, 4.69) is 10.6 Å². The van der Waals surface area contributed by atoms with Gasteiger partial charge in [-0.1, -0.05) is 12.1 Å². The highest BCUT2D eigenvalue weighted by Crippen LogP contribution is 2.11. The number of benzene rings is 1. The van der Waals surface area contributed by atoms with Gasteiger partial charge in [-0.3, -0.25) is 0 Å². The van der Waals surface area contributed by atoms with Crippen LogP contribution >= 0.6 is 0 Å². The molecule has 2 amide bonds. The van der Waals surface area contributed by atoms with Crippen LogP contribution in [0.3, 0.4) is 0 Å². The number of carbonyl (C=O) groups is 2. The normalized spacial score (nSPS) is 12.6. The summed E-state index contributed by atoms with van der Waals surface area (Å²) in [5.41, 5.74) is 0.275. The molecule has 0 saturated heterocycles. The molecule has 4 N–H and O–H groups in total. The quantitative estimate of drug-likeness (QED) is 0.671. The molecule has 0 aromatic heterocycles. The molecule has 0 aliphatic heterocycles. The molecule has 0 unspecified atom stereocenters. The lowest BCUT2D eigenvalue weighted by molar-refractivity contribution is -0.139. The molecule has 0 spiro atoms. The van der Waals surface area contributed by atoms with Crippen LogP contribution in [0.4, 0.5) is 4.79 Å². The molecule has 0 bridgehead atoms. The van der Waals surface area contributed by atoms with E-state index in [-0.39, 0.29) is 12.2 Å². The average molecular weight is 280 g/mol. The van der Waals surface area contributed by atoms with Gasteiger partial charge in [0.05, 0.1) is 0 Å². The van der Waals surface area contributed by atoms with Gasteiger partial charge in [0.15, 0.2) is 0 Å². The van der Waals surface area contributed by atoms with Gasteiger partial charge in [0.1, 0.15) is 11.8 Å². The molecule has 0 heterocycles. The molecule has 6 nitrogen and oxygen atoms in total. The maximum Gasteiger partial charge on any atom is 0.326 e. The summed E-state index contributed by atoms with van der Waals surface area (Å²) in [6.45, 7) is 5.42. The molecule has 20 heavy (non-hydrogen) atoms. The van der Waals surface area contributed by atoms with Crippen molar-refractivity contribution in [3.8, 4) is 5.75 Å². The minimum absolute atomic E-state index is 0.110. The summed E-state index contributed by atoms with van der Waals surface area (Å²) in [6.07, 6.45) is 0.146. The van der Waals surface area contributed by atoms with Crippen molar-refractivity contribution in [2.75, 3.05) is 0 Å². The Kier molecular flexibility index (Phi) is 4.96. The molecular formula is C14H20N2O4. The summed E-state index contributed by atoms with van der Waals surface area (Å²) in [5.74, 6) is -0.999. The second-order valence-electron chi connectivity index (χ2n) is 5.61. The standard InChI is InChI=1S/C14H20N2O4/c1-14(2,3)16-13(20)15-11(12(18)19)8-9-4-6-10(17)7-5-9/h4-7,11,17H,8H2,1-3H3,(H,18,19)(H2,15,16,20)/t11-/m1/s1. The fourth-order valence-corrected chi connectivity index (χ4v) is 1.60. The third kappa shape index (κ3) is 5.60. The van der Waals surface area contributed by atoms with Crippen LogP contribution < -0.4 is 10.6 Å². The molecule has 1 atom stereocenters. The van der Waals surface area contributed by atoms with Crippen molar-refractivity contribution in [3.63, 3.8) is 0 Å². The number of phenols is 1. The van der Waals surface area contributed by atoms with Crippen molar-refractivity contribution in [2.24, 2.45) is 0 Å². The molecule has 1 rings (SSSR count). The monoisotopic (exact) mass is 280 g/mol. The van der Waals surface area contributed by atoms with Gasteiger partial charge in [0, 0.05) is 12.0 Å². The van der Waals surface area contributed by atoms with Crippen molar-refractivity contribution >= 4 is 12.0 Å². The minimum Gasteiger partial charge on any atom is -0.508 e. The van der Waals surface area contributed by atoms with Crippen molar-refractivity contribution in [3.05, 3.63) is 29.8 Å². The zero-order valence-electron chi connectivity index (χ0n) is 11.8. The number of amides is 2. The number of carboxylic acid groups (broad SMARTS) is 1. The van der Waals surface area contributed by atoms with E-state index < -0.39 is 23.6 Å². The summed E-state index contributed by atoms with van der Waals surface area (Å²) >= 11 is 0. The van der Waals surface area contributed by atoms with E-state index in [1.54, 1.807) is 12.1 Å². The van der Waals surface area contributed by atoms with Crippen molar-refractivity contribution in [1.82, 2.24) is 10.6 Å². The predicted molar refractivity (Wildman–Crippen MR) is 74.7 cm³/mol. The Hall–Kier alpha value is -2.24. The Morgan fingerprint density at radius 3 is 2.20 bits per heavy atom. The van der Waals surface area contributed by atoms with Crippen LogP contribution in [-0.4, -0.2) is 33.8 Å². The Labute approximate surface area is 117 Å². The summed E-state index contributed by atoms with van der Waals surface area (Å²) in [4.78, 5) is 22.9. The van der Waals surface area contributed by atoms with Crippen LogP contribution in [0, 0.1) is 0 Å². The van der Waals surface area contributed by atoms with Gasteiger partial charge < -0.3 is 20.8 Å². The molecule has 1 aromatic carbocycles. The van der Waals surface area contributed by atoms with E-state index in [0.717, 1.165) is 0 Å². The molecule has 0 saturated carbocycles. The average Bonchev–Trinajstić information content (AvgIpc) is 2.28. The predicted octanol–water partition coefficient (Wildman–Crippen LogP) is 1.49. The number of phenolic OH excluding ortho intramolecular Hbond substituents is 1. The van der Waals surface area contributed by atoms with E-state index in [1.165, 1.54) is 12.1 Å². The number of hydrogen-bond donors (Lipinski definition) is 4. The summed E-state index contributed by atoms with van der Waals surface area (Å²) in [7, 11) is 0. The fourth-order valence-electron chi connectivity index (χ4n) is 1.60. The van der Waals surface area contributed by atoms with Gasteiger partial charge in [-0.15, -0.1) is 0 Å². The van der Waals surface area contributed by atoms with E-state index in [0.29, 0.717) is 5.56 Å². The molecule has 0 radical (unpaired) electrons. The zero-order valence-corrected chi connectivity index (χ0v) is 11.8. The van der Waals surface area contributed by atoms with E-state index in [1.807, 2.05) is 20.8 Å².